The molecule has 1 fully saturated rings. The molecular weight excluding hydrogens is 461 g/mol. The summed E-state index contributed by atoms with van der Waals surface area (Å²) in [5.74, 6) is 0.0477. The van der Waals surface area contributed by atoms with Crippen LogP contribution in [0.3, 0.4) is 0 Å². The number of nitrogens with two attached hydrogens (primary N) is 1. The molecule has 1 aliphatic carbocycles. The average molecular weight is 484 g/mol. The Hall–Kier alpha value is -2.79. The largest absolute Gasteiger partial charge is 0.611 e. The number of hydrogen-bond donors (Lipinski definition) is 3. The fraction of sp³-hybridized carbons (Fsp3) is 0.261. The van der Waals surface area contributed by atoms with E-state index >= 15 is 0 Å². The van der Waals surface area contributed by atoms with E-state index in [2.05, 4.69) is 15.3 Å². The van der Waals surface area contributed by atoms with Crippen LogP contribution in [0.5, 0.6) is 0 Å². The van der Waals surface area contributed by atoms with Crippen LogP contribution in [-0.2, 0) is 11.2 Å². The van der Waals surface area contributed by atoms with Crippen LogP contribution in [0.15, 0.2) is 46.9 Å². The maximum atomic E-state index is 14.1. The van der Waals surface area contributed by atoms with Crippen LogP contribution in [0.4, 0.5) is 16.0 Å². The molecule has 7 nitrogen and oxygen atoms in total. The molecule has 3 heterocycles. The second-order valence-corrected chi connectivity index (χ2v) is 10.8. The number of halogens is 1. The van der Waals surface area contributed by atoms with E-state index in [0.717, 1.165) is 24.8 Å². The quantitative estimate of drug-likeness (QED) is 0.337. The number of hydrogen-bond acceptors (Lipinski definition) is 8. The summed E-state index contributed by atoms with van der Waals surface area (Å²) in [5.41, 5.74) is 9.65. The second kappa shape index (κ2) is 9.22. The summed E-state index contributed by atoms with van der Waals surface area (Å²) < 4.78 is 27.8. The summed E-state index contributed by atoms with van der Waals surface area (Å²) in [5, 5.41) is 12.7. The number of anilines is 2. The third kappa shape index (κ3) is 4.26. The molecule has 5 rings (SSSR count). The van der Waals surface area contributed by atoms with Crippen LogP contribution in [0, 0.1) is 5.82 Å². The van der Waals surface area contributed by atoms with Crippen molar-refractivity contribution < 1.29 is 14.0 Å². The summed E-state index contributed by atoms with van der Waals surface area (Å²) in [6, 6.07) is 8.16. The Balaban J connectivity index is 1.65. The number of benzene rings is 1. The highest BCUT2D eigenvalue weighted by Gasteiger charge is 2.35. The van der Waals surface area contributed by atoms with Gasteiger partial charge in [0.05, 0.1) is 12.3 Å². The van der Waals surface area contributed by atoms with Crippen LogP contribution in [0.2, 0.25) is 0 Å². The van der Waals surface area contributed by atoms with Gasteiger partial charge >= 0.3 is 0 Å². The smallest absolute Gasteiger partial charge is 0.232 e. The maximum absolute atomic E-state index is 14.1. The zero-order valence-electron chi connectivity index (χ0n) is 17.6. The summed E-state index contributed by atoms with van der Waals surface area (Å²) in [7, 11) is 0. The normalized spacial score (nSPS) is 14.9. The van der Waals surface area contributed by atoms with Gasteiger partial charge in [0.2, 0.25) is 10.2 Å². The van der Waals surface area contributed by atoms with Crippen molar-refractivity contribution in [3.63, 3.8) is 0 Å². The Morgan fingerprint density at radius 2 is 2.00 bits per heavy atom. The number of nitrogens with zero attached hydrogens (tertiary/aromatic N) is 3. The molecule has 4 N–H and O–H groups in total. The van der Waals surface area contributed by atoms with Gasteiger partial charge in [0.15, 0.2) is 0 Å². The molecule has 0 amide bonds. The van der Waals surface area contributed by atoms with Crippen molar-refractivity contribution in [2.45, 2.75) is 28.7 Å². The molecule has 0 radical (unpaired) electrons. The average Bonchev–Trinajstić information content (AvgIpc) is 3.13. The van der Waals surface area contributed by atoms with Gasteiger partial charge in [-0.2, -0.15) is 0 Å². The third-order valence-corrected chi connectivity index (χ3v) is 8.98. The summed E-state index contributed by atoms with van der Waals surface area (Å²) >= 11 is 0.149. The first-order valence-electron chi connectivity index (χ1n) is 10.6. The number of nitrogen functional groups attached to an aromatic ring is 1. The molecule has 1 atom stereocenters. The minimum absolute atomic E-state index is 0.0231. The van der Waals surface area contributed by atoms with Gasteiger partial charge in [-0.05, 0) is 48.6 Å². The van der Waals surface area contributed by atoms with E-state index in [0.29, 0.717) is 49.4 Å². The molecule has 1 aromatic carbocycles. The van der Waals surface area contributed by atoms with E-state index < -0.39 is 11.2 Å². The Morgan fingerprint density at radius 3 is 2.67 bits per heavy atom. The fourth-order valence-electron chi connectivity index (χ4n) is 3.74. The maximum Gasteiger partial charge on any atom is 0.232 e. The number of aliphatic hydroxyl groups excluding tert-OH is 1. The summed E-state index contributed by atoms with van der Waals surface area (Å²) in [6.07, 6.45) is 6.23. The number of rotatable bonds is 7. The monoisotopic (exact) mass is 483 g/mol. The lowest BCUT2D eigenvalue weighted by Crippen LogP contribution is -2.28. The molecule has 10 heteroatoms. The van der Waals surface area contributed by atoms with Crippen LogP contribution in [0.25, 0.3) is 32.6 Å². The molecule has 4 aromatic rings. The van der Waals surface area contributed by atoms with E-state index in [9.17, 15) is 8.94 Å². The van der Waals surface area contributed by atoms with Gasteiger partial charge in [0.1, 0.15) is 21.6 Å². The molecule has 0 spiro atoms. The number of aliphatic hydroxyl groups is 1. The van der Waals surface area contributed by atoms with Crippen LogP contribution in [-0.4, -0.2) is 43.0 Å². The number of nitrogens with one attached hydrogen (secondary N) is 1. The Kier molecular flexibility index (Phi) is 6.15. The van der Waals surface area contributed by atoms with Crippen molar-refractivity contribution in [2.75, 3.05) is 24.2 Å². The van der Waals surface area contributed by atoms with Crippen molar-refractivity contribution in [3.05, 3.63) is 48.5 Å². The lowest BCUT2D eigenvalue weighted by Gasteiger charge is -2.27. The van der Waals surface area contributed by atoms with Gasteiger partial charge in [-0.1, -0.05) is 23.5 Å². The van der Waals surface area contributed by atoms with E-state index in [1.165, 1.54) is 23.5 Å². The topological polar surface area (TPSA) is 120 Å². The number of aromatic nitrogens is 3. The molecule has 1 aliphatic rings. The lowest BCUT2D eigenvalue weighted by molar-refractivity contribution is 0.311. The van der Waals surface area contributed by atoms with E-state index in [1.807, 2.05) is 12.1 Å². The number of thiophene rings is 1. The van der Waals surface area contributed by atoms with Gasteiger partial charge in [0.25, 0.3) is 0 Å². The van der Waals surface area contributed by atoms with Crippen molar-refractivity contribution in [1.82, 2.24) is 15.0 Å². The fourth-order valence-corrected chi connectivity index (χ4v) is 6.95. The van der Waals surface area contributed by atoms with Crippen molar-refractivity contribution in [3.8, 4) is 22.4 Å². The Labute approximate surface area is 197 Å². The minimum atomic E-state index is -1.19. The Morgan fingerprint density at radius 1 is 1.21 bits per heavy atom. The van der Waals surface area contributed by atoms with E-state index in [1.54, 1.807) is 18.5 Å². The van der Waals surface area contributed by atoms with Crippen molar-refractivity contribution >= 4 is 44.4 Å². The SMILES string of the molecule is Nc1c([S+]([O-])C2CCC2)sc2nc(-c3cnc(NCCO)nc3)cc(-c3cccc(F)c3)c12. The zero-order valence-corrected chi connectivity index (χ0v) is 19.3. The van der Waals surface area contributed by atoms with Gasteiger partial charge in [-0.25, -0.2) is 19.3 Å². The number of pyridine rings is 1. The van der Waals surface area contributed by atoms with E-state index in [4.69, 9.17) is 15.8 Å². The van der Waals surface area contributed by atoms with Gasteiger partial charge < -0.3 is 20.7 Å². The zero-order chi connectivity index (χ0) is 22.9. The first-order valence-corrected chi connectivity index (χ1v) is 12.6. The highest BCUT2D eigenvalue weighted by molar-refractivity contribution is 7.94. The van der Waals surface area contributed by atoms with Crippen LogP contribution >= 0.6 is 11.3 Å². The lowest BCUT2D eigenvalue weighted by atomic mass is 10.00. The molecule has 1 unspecified atom stereocenters. The van der Waals surface area contributed by atoms with Gasteiger partial charge in [0, 0.05) is 41.1 Å². The minimum Gasteiger partial charge on any atom is -0.611 e. The molecular formula is C23H22FN5O2S2. The first-order chi connectivity index (χ1) is 16.0. The third-order valence-electron chi connectivity index (χ3n) is 5.68. The Bertz CT molecular complexity index is 1290. The molecule has 170 valence electrons. The highest BCUT2D eigenvalue weighted by Crippen LogP contribution is 2.45. The highest BCUT2D eigenvalue weighted by atomic mass is 32.2. The van der Waals surface area contributed by atoms with Crippen LogP contribution in [0.1, 0.15) is 19.3 Å². The predicted octanol–water partition coefficient (Wildman–Crippen LogP) is 4.21. The molecule has 33 heavy (non-hydrogen) atoms. The van der Waals surface area contributed by atoms with E-state index in [-0.39, 0.29) is 17.7 Å². The molecule has 0 bridgehead atoms. The van der Waals surface area contributed by atoms with Gasteiger partial charge in [-0.3, -0.25) is 0 Å². The van der Waals surface area contributed by atoms with Crippen molar-refractivity contribution in [1.29, 1.82) is 0 Å². The van der Waals surface area contributed by atoms with Crippen molar-refractivity contribution in [2.24, 2.45) is 0 Å². The second-order valence-electron chi connectivity index (χ2n) is 7.84. The number of fused-ring (bicyclic) bond motifs is 1. The molecule has 0 aliphatic heterocycles. The molecule has 3 aromatic heterocycles. The predicted molar refractivity (Wildman–Crippen MR) is 130 cm³/mol. The summed E-state index contributed by atoms with van der Waals surface area (Å²) in [4.78, 5) is 14.0. The first kappa shape index (κ1) is 22.0. The van der Waals surface area contributed by atoms with Gasteiger partial charge in [-0.15, -0.1) is 0 Å². The molecule has 1 saturated carbocycles. The summed E-state index contributed by atoms with van der Waals surface area (Å²) in [6.45, 7) is 0.327. The standard InChI is InChI=1S/C23H22FN5O2S2/c24-15-4-1-3-13(9-15)17-10-18(14-11-27-23(28-12-14)26-7-8-30)29-21-19(17)20(25)22(32-21)33(31)16-5-2-6-16/h1,3-4,9-12,16,30H,2,5-8,25H2,(H,26,27,28). The molecule has 0 saturated heterocycles. The van der Waals surface area contributed by atoms with Crippen LogP contribution < -0.4 is 11.1 Å².